The minimum atomic E-state index is 0.523. The van der Waals surface area contributed by atoms with Gasteiger partial charge in [0, 0.05) is 12.6 Å². The molecule has 0 amide bonds. The number of hydrogen-bond acceptors (Lipinski definition) is 2. The molecule has 1 heterocycles. The van der Waals surface area contributed by atoms with E-state index in [-0.39, 0.29) is 0 Å². The second-order valence-electron chi connectivity index (χ2n) is 8.43. The van der Waals surface area contributed by atoms with E-state index >= 15 is 0 Å². The summed E-state index contributed by atoms with van der Waals surface area (Å²) >= 11 is 0. The van der Waals surface area contributed by atoms with E-state index in [9.17, 15) is 0 Å². The molecule has 0 aromatic rings. The Kier molecular flexibility index (Phi) is 5.53. The van der Waals surface area contributed by atoms with E-state index in [2.05, 4.69) is 45.0 Å². The topological polar surface area (TPSA) is 15.3 Å². The van der Waals surface area contributed by atoms with Crippen LogP contribution in [0.1, 0.15) is 59.8 Å². The van der Waals surface area contributed by atoms with Gasteiger partial charge < -0.3 is 10.2 Å². The molecule has 0 bridgehead atoms. The van der Waals surface area contributed by atoms with Crippen LogP contribution in [0.5, 0.6) is 0 Å². The normalized spacial score (nSPS) is 35.4. The molecule has 1 N–H and O–H groups in total. The van der Waals surface area contributed by atoms with Crippen LogP contribution in [0.15, 0.2) is 0 Å². The fraction of sp³-hybridized carbons (Fsp3) is 1.00. The molecule has 0 aromatic heterocycles. The van der Waals surface area contributed by atoms with Crippen LogP contribution in [0.2, 0.25) is 0 Å². The van der Waals surface area contributed by atoms with Crippen LogP contribution in [0.25, 0.3) is 0 Å². The van der Waals surface area contributed by atoms with Crippen molar-refractivity contribution in [2.75, 3.05) is 26.7 Å². The van der Waals surface area contributed by atoms with Crippen molar-refractivity contribution in [2.45, 2.75) is 65.8 Å². The van der Waals surface area contributed by atoms with E-state index in [0.29, 0.717) is 5.41 Å². The first-order valence-electron chi connectivity index (χ1n) is 8.81. The van der Waals surface area contributed by atoms with Gasteiger partial charge in [-0.1, -0.05) is 34.1 Å². The van der Waals surface area contributed by atoms with Gasteiger partial charge in [0.05, 0.1) is 0 Å². The molecule has 20 heavy (non-hydrogen) atoms. The van der Waals surface area contributed by atoms with Crippen LogP contribution in [-0.2, 0) is 0 Å². The first kappa shape index (κ1) is 16.3. The predicted molar refractivity (Wildman–Crippen MR) is 88.0 cm³/mol. The van der Waals surface area contributed by atoms with E-state index < -0.39 is 0 Å². The van der Waals surface area contributed by atoms with Crippen molar-refractivity contribution < 1.29 is 0 Å². The van der Waals surface area contributed by atoms with Gasteiger partial charge >= 0.3 is 0 Å². The molecule has 3 atom stereocenters. The summed E-state index contributed by atoms with van der Waals surface area (Å²) in [6, 6.07) is 0.759. The van der Waals surface area contributed by atoms with E-state index in [1.165, 1.54) is 51.7 Å². The van der Waals surface area contributed by atoms with Crippen LogP contribution in [-0.4, -0.2) is 37.6 Å². The molecule has 3 unspecified atom stereocenters. The molecule has 1 saturated heterocycles. The second-order valence-corrected chi connectivity index (χ2v) is 8.43. The quantitative estimate of drug-likeness (QED) is 0.843. The van der Waals surface area contributed by atoms with Gasteiger partial charge in [0.25, 0.3) is 0 Å². The van der Waals surface area contributed by atoms with Crippen molar-refractivity contribution in [3.63, 3.8) is 0 Å². The van der Waals surface area contributed by atoms with Gasteiger partial charge in [0.2, 0.25) is 0 Å². The highest BCUT2D eigenvalue weighted by atomic mass is 15.1. The Bertz CT molecular complexity index is 292. The number of hydrogen-bond donors (Lipinski definition) is 1. The van der Waals surface area contributed by atoms with Crippen molar-refractivity contribution in [3.05, 3.63) is 0 Å². The van der Waals surface area contributed by atoms with Crippen LogP contribution in [0.4, 0.5) is 0 Å². The van der Waals surface area contributed by atoms with Gasteiger partial charge in [-0.3, -0.25) is 0 Å². The first-order valence-corrected chi connectivity index (χ1v) is 8.81. The lowest BCUT2D eigenvalue weighted by Gasteiger charge is -2.42. The van der Waals surface area contributed by atoms with Gasteiger partial charge in [0.15, 0.2) is 0 Å². The standard InChI is InChI=1S/C18H36N2/c1-14(2)16-7-6-15(3)12-17(16)19-13-18(4)8-10-20(5)11-9-18/h14-17,19H,6-13H2,1-5H3. The Morgan fingerprint density at radius 3 is 2.45 bits per heavy atom. The minimum Gasteiger partial charge on any atom is -0.313 e. The van der Waals surface area contributed by atoms with E-state index in [1.807, 2.05) is 0 Å². The van der Waals surface area contributed by atoms with Crippen molar-refractivity contribution >= 4 is 0 Å². The second kappa shape index (κ2) is 6.79. The number of rotatable bonds is 4. The molecule has 0 spiro atoms. The highest BCUT2D eigenvalue weighted by Gasteiger charge is 2.34. The summed E-state index contributed by atoms with van der Waals surface area (Å²) in [5, 5.41) is 3.99. The lowest BCUT2D eigenvalue weighted by molar-refractivity contribution is 0.110. The van der Waals surface area contributed by atoms with Crippen LogP contribution >= 0.6 is 0 Å². The third-order valence-corrected chi connectivity index (χ3v) is 6.01. The molecule has 2 fully saturated rings. The Hall–Kier alpha value is -0.0800. The maximum atomic E-state index is 3.99. The molecular formula is C18H36N2. The van der Waals surface area contributed by atoms with E-state index in [0.717, 1.165) is 23.8 Å². The highest BCUT2D eigenvalue weighted by Crippen LogP contribution is 2.35. The summed E-state index contributed by atoms with van der Waals surface area (Å²) in [7, 11) is 2.25. The monoisotopic (exact) mass is 280 g/mol. The van der Waals surface area contributed by atoms with Crippen molar-refractivity contribution in [1.29, 1.82) is 0 Å². The molecule has 118 valence electrons. The van der Waals surface area contributed by atoms with Gasteiger partial charge in [-0.2, -0.15) is 0 Å². The molecule has 2 rings (SSSR count). The zero-order chi connectivity index (χ0) is 14.8. The molecular weight excluding hydrogens is 244 g/mol. The predicted octanol–water partition coefficient (Wildman–Crippen LogP) is 3.77. The van der Waals surface area contributed by atoms with Crippen LogP contribution in [0, 0.1) is 23.2 Å². The Morgan fingerprint density at radius 2 is 1.85 bits per heavy atom. The van der Waals surface area contributed by atoms with Crippen LogP contribution < -0.4 is 5.32 Å². The van der Waals surface area contributed by atoms with E-state index in [4.69, 9.17) is 0 Å². The molecule has 2 heteroatoms. The zero-order valence-electron chi connectivity index (χ0n) is 14.4. The minimum absolute atomic E-state index is 0.523. The van der Waals surface area contributed by atoms with Crippen LogP contribution in [0.3, 0.4) is 0 Å². The van der Waals surface area contributed by atoms with Crippen molar-refractivity contribution in [1.82, 2.24) is 10.2 Å². The van der Waals surface area contributed by atoms with Gasteiger partial charge in [-0.05, 0) is 69.0 Å². The number of piperidine rings is 1. The molecule has 1 aliphatic heterocycles. The Morgan fingerprint density at radius 1 is 1.20 bits per heavy atom. The van der Waals surface area contributed by atoms with Crippen molar-refractivity contribution in [3.8, 4) is 0 Å². The summed E-state index contributed by atoms with van der Waals surface area (Å²) in [6.07, 6.45) is 6.95. The highest BCUT2D eigenvalue weighted by molar-refractivity contribution is 4.89. The fourth-order valence-electron chi connectivity index (χ4n) is 4.15. The summed E-state index contributed by atoms with van der Waals surface area (Å²) in [4.78, 5) is 2.47. The third kappa shape index (κ3) is 4.21. The molecule has 0 aromatic carbocycles. The van der Waals surface area contributed by atoms with E-state index in [1.54, 1.807) is 0 Å². The van der Waals surface area contributed by atoms with Crippen molar-refractivity contribution in [2.24, 2.45) is 23.2 Å². The zero-order valence-corrected chi connectivity index (χ0v) is 14.4. The van der Waals surface area contributed by atoms with Gasteiger partial charge in [0.1, 0.15) is 0 Å². The third-order valence-electron chi connectivity index (χ3n) is 6.01. The number of nitrogens with one attached hydrogen (secondary N) is 1. The summed E-state index contributed by atoms with van der Waals surface area (Å²) in [5.41, 5.74) is 0.523. The number of likely N-dealkylation sites (tertiary alicyclic amines) is 1. The average Bonchev–Trinajstić information content (AvgIpc) is 2.40. The average molecular weight is 280 g/mol. The van der Waals surface area contributed by atoms with Gasteiger partial charge in [-0.25, -0.2) is 0 Å². The summed E-state index contributed by atoms with van der Waals surface area (Å²) in [5.74, 6) is 2.62. The first-order chi connectivity index (χ1) is 9.39. The number of nitrogens with zero attached hydrogens (tertiary/aromatic N) is 1. The SMILES string of the molecule is CC1CCC(C(C)C)C(NCC2(C)CCN(C)CC2)C1. The molecule has 2 nitrogen and oxygen atoms in total. The Labute approximate surface area is 126 Å². The molecule has 2 aliphatic rings. The lowest BCUT2D eigenvalue weighted by atomic mass is 9.73. The maximum absolute atomic E-state index is 3.99. The lowest BCUT2D eigenvalue weighted by Crippen LogP contribution is -2.49. The smallest absolute Gasteiger partial charge is 0.0100 e. The van der Waals surface area contributed by atoms with Gasteiger partial charge in [-0.15, -0.1) is 0 Å². The molecule has 1 saturated carbocycles. The fourth-order valence-corrected chi connectivity index (χ4v) is 4.15. The molecule has 0 radical (unpaired) electrons. The summed E-state index contributed by atoms with van der Waals surface area (Å²) < 4.78 is 0. The maximum Gasteiger partial charge on any atom is 0.0100 e. The molecule has 1 aliphatic carbocycles. The largest absolute Gasteiger partial charge is 0.313 e. The summed E-state index contributed by atoms with van der Waals surface area (Å²) in [6.45, 7) is 13.5. The Balaban J connectivity index is 1.87.